The summed E-state index contributed by atoms with van der Waals surface area (Å²) in [6.07, 6.45) is 0. The van der Waals surface area contributed by atoms with Crippen LogP contribution in [0.25, 0.3) is 20.4 Å². The molecular weight excluding hydrogens is 470 g/mol. The first-order valence-electron chi connectivity index (χ1n) is 9.46. The van der Waals surface area contributed by atoms with Crippen molar-refractivity contribution in [2.75, 3.05) is 5.32 Å². The molecular formula is C21H14ClN5O3S2. The molecule has 0 aliphatic heterocycles. The Kier molecular flexibility index (Phi) is 5.12. The van der Waals surface area contributed by atoms with Gasteiger partial charge in [0.05, 0.1) is 32.3 Å². The lowest BCUT2D eigenvalue weighted by Crippen LogP contribution is -2.09. The maximum Gasteiger partial charge on any atom is 0.270 e. The molecule has 0 fully saturated rings. The van der Waals surface area contributed by atoms with Gasteiger partial charge < -0.3 is 0 Å². The van der Waals surface area contributed by atoms with Crippen LogP contribution in [0.1, 0.15) is 20.9 Å². The second kappa shape index (κ2) is 7.97. The van der Waals surface area contributed by atoms with Crippen molar-refractivity contribution in [2.24, 2.45) is 0 Å². The van der Waals surface area contributed by atoms with E-state index in [4.69, 9.17) is 11.6 Å². The Morgan fingerprint density at radius 3 is 2.81 bits per heavy atom. The number of nitrogens with zero attached hydrogens (tertiary/aromatic N) is 4. The summed E-state index contributed by atoms with van der Waals surface area (Å²) in [5, 5.41) is 20.3. The number of hydrogen-bond acceptors (Lipinski definition) is 7. The van der Waals surface area contributed by atoms with Gasteiger partial charge >= 0.3 is 0 Å². The smallest absolute Gasteiger partial charge is 0.270 e. The number of non-ortho nitro benzene ring substituents is 1. The molecule has 3 heterocycles. The third-order valence-corrected chi connectivity index (χ3v) is 7.36. The van der Waals surface area contributed by atoms with E-state index in [0.717, 1.165) is 21.5 Å². The van der Waals surface area contributed by atoms with Crippen LogP contribution >= 0.6 is 34.3 Å². The van der Waals surface area contributed by atoms with Crippen LogP contribution in [0.15, 0.2) is 48.5 Å². The number of nitro groups is 1. The summed E-state index contributed by atoms with van der Waals surface area (Å²) in [4.78, 5) is 29.2. The Morgan fingerprint density at radius 2 is 2.03 bits per heavy atom. The molecule has 0 aliphatic carbocycles. The zero-order valence-corrected chi connectivity index (χ0v) is 18.9. The van der Waals surface area contributed by atoms with Crippen LogP contribution in [0, 0.1) is 17.0 Å². The van der Waals surface area contributed by atoms with Gasteiger partial charge in [0, 0.05) is 22.5 Å². The predicted octanol–water partition coefficient (Wildman–Crippen LogP) is 5.88. The number of thiophene rings is 1. The molecule has 5 rings (SSSR count). The molecule has 0 spiro atoms. The minimum Gasteiger partial charge on any atom is -0.297 e. The number of rotatable bonds is 5. The Morgan fingerprint density at radius 1 is 1.22 bits per heavy atom. The van der Waals surface area contributed by atoms with Gasteiger partial charge in [-0.25, -0.2) is 4.98 Å². The zero-order chi connectivity index (χ0) is 22.4. The van der Waals surface area contributed by atoms with E-state index >= 15 is 0 Å². The van der Waals surface area contributed by atoms with Gasteiger partial charge in [0.1, 0.15) is 4.83 Å². The van der Waals surface area contributed by atoms with E-state index in [2.05, 4.69) is 15.4 Å². The number of fused-ring (bicyclic) bond motifs is 2. The second-order valence-electron chi connectivity index (χ2n) is 7.05. The van der Waals surface area contributed by atoms with Crippen molar-refractivity contribution in [3.63, 3.8) is 0 Å². The minimum absolute atomic E-state index is 0.0120. The Hall–Kier alpha value is -3.34. The van der Waals surface area contributed by atoms with Crippen molar-refractivity contribution in [3.8, 4) is 0 Å². The van der Waals surface area contributed by atoms with E-state index in [1.165, 1.54) is 34.8 Å². The number of amides is 1. The van der Waals surface area contributed by atoms with Crippen molar-refractivity contribution in [2.45, 2.75) is 13.5 Å². The third-order valence-electron chi connectivity index (χ3n) is 4.91. The summed E-state index contributed by atoms with van der Waals surface area (Å²) in [6, 6.07) is 13.8. The number of thiazole rings is 1. The molecule has 2 aromatic carbocycles. The van der Waals surface area contributed by atoms with E-state index in [0.29, 0.717) is 31.8 Å². The largest absolute Gasteiger partial charge is 0.297 e. The number of nitro benzene ring substituents is 1. The summed E-state index contributed by atoms with van der Waals surface area (Å²) >= 11 is 8.83. The van der Waals surface area contributed by atoms with E-state index in [1.54, 1.807) is 6.07 Å². The van der Waals surface area contributed by atoms with Gasteiger partial charge in [0.25, 0.3) is 11.6 Å². The maximum atomic E-state index is 12.9. The van der Waals surface area contributed by atoms with Crippen LogP contribution < -0.4 is 5.32 Å². The Bertz CT molecular complexity index is 1520. The van der Waals surface area contributed by atoms with E-state index in [-0.39, 0.29) is 11.6 Å². The van der Waals surface area contributed by atoms with Crippen molar-refractivity contribution >= 4 is 71.4 Å². The van der Waals surface area contributed by atoms with Crippen molar-refractivity contribution in [1.82, 2.24) is 14.8 Å². The first-order chi connectivity index (χ1) is 15.4. The van der Waals surface area contributed by atoms with Gasteiger partial charge in [-0.05, 0) is 30.7 Å². The Labute approximate surface area is 194 Å². The number of carbonyl (C=O) groups excluding carboxylic acids is 1. The summed E-state index contributed by atoms with van der Waals surface area (Å²) in [7, 11) is 0. The molecule has 5 aromatic rings. The van der Waals surface area contributed by atoms with Gasteiger partial charge in [0.15, 0.2) is 5.13 Å². The minimum atomic E-state index is -0.455. The monoisotopic (exact) mass is 483 g/mol. The molecule has 0 saturated heterocycles. The lowest BCUT2D eigenvalue weighted by Gasteiger charge is -2.05. The summed E-state index contributed by atoms with van der Waals surface area (Å²) in [5.74, 6) is -0.288. The van der Waals surface area contributed by atoms with Crippen LogP contribution in [0.4, 0.5) is 10.8 Å². The highest BCUT2D eigenvalue weighted by atomic mass is 35.5. The quantitative estimate of drug-likeness (QED) is 0.248. The van der Waals surface area contributed by atoms with Crippen LogP contribution in [0.2, 0.25) is 5.02 Å². The lowest BCUT2D eigenvalue weighted by molar-refractivity contribution is -0.384. The molecule has 0 unspecified atom stereocenters. The van der Waals surface area contributed by atoms with Crippen LogP contribution in [-0.2, 0) is 6.54 Å². The van der Waals surface area contributed by atoms with Crippen molar-refractivity contribution in [3.05, 3.63) is 79.8 Å². The predicted molar refractivity (Wildman–Crippen MR) is 127 cm³/mol. The number of aromatic nitrogens is 3. The van der Waals surface area contributed by atoms with Crippen LogP contribution in [-0.4, -0.2) is 25.6 Å². The number of benzene rings is 2. The van der Waals surface area contributed by atoms with E-state index < -0.39 is 4.92 Å². The molecule has 0 saturated carbocycles. The topological polar surface area (TPSA) is 103 Å². The summed E-state index contributed by atoms with van der Waals surface area (Å²) < 4.78 is 2.49. The molecule has 1 N–H and O–H groups in total. The summed E-state index contributed by atoms with van der Waals surface area (Å²) in [5.41, 5.74) is 2.36. The third kappa shape index (κ3) is 3.72. The second-order valence-corrected chi connectivity index (χ2v) is 9.51. The average Bonchev–Trinajstić information content (AvgIpc) is 3.44. The Balaban J connectivity index is 1.42. The lowest BCUT2D eigenvalue weighted by atomic mass is 10.2. The fourth-order valence-electron chi connectivity index (χ4n) is 3.36. The molecule has 11 heteroatoms. The average molecular weight is 484 g/mol. The molecule has 3 aromatic heterocycles. The number of nitrogens with one attached hydrogen (secondary N) is 1. The van der Waals surface area contributed by atoms with E-state index in [1.807, 2.05) is 41.9 Å². The van der Waals surface area contributed by atoms with E-state index in [9.17, 15) is 14.9 Å². The molecule has 1 amide bonds. The van der Waals surface area contributed by atoms with Gasteiger partial charge in [-0.15, -0.1) is 11.3 Å². The normalized spacial score (nSPS) is 11.3. The maximum absolute atomic E-state index is 12.9. The van der Waals surface area contributed by atoms with Gasteiger partial charge in [-0.2, -0.15) is 5.10 Å². The van der Waals surface area contributed by atoms with Gasteiger partial charge in [0.2, 0.25) is 0 Å². The standard InChI is InChI=1S/C21H14ClN5O3S2/c1-11-14-9-18(31-20(14)26(25-11)10-12-4-2-3-5-15(12)22)19(28)24-21-23-16-7-6-13(27(29)30)8-17(16)32-21/h2-9H,10H2,1H3,(H,23,24,28). The molecule has 160 valence electrons. The number of halogens is 1. The molecule has 0 atom stereocenters. The van der Waals surface area contributed by atoms with Crippen LogP contribution in [0.5, 0.6) is 0 Å². The first-order valence-corrected chi connectivity index (χ1v) is 11.5. The first kappa shape index (κ1) is 20.6. The molecule has 0 radical (unpaired) electrons. The molecule has 0 bridgehead atoms. The van der Waals surface area contributed by atoms with Crippen LogP contribution in [0.3, 0.4) is 0 Å². The number of hydrogen-bond donors (Lipinski definition) is 1. The van der Waals surface area contributed by atoms with Crippen molar-refractivity contribution < 1.29 is 9.72 Å². The highest BCUT2D eigenvalue weighted by molar-refractivity contribution is 7.23. The summed E-state index contributed by atoms with van der Waals surface area (Å²) in [6.45, 7) is 2.41. The molecule has 8 nitrogen and oxygen atoms in total. The highest BCUT2D eigenvalue weighted by Crippen LogP contribution is 2.32. The zero-order valence-electron chi connectivity index (χ0n) is 16.5. The van der Waals surface area contributed by atoms with Gasteiger partial charge in [-0.3, -0.25) is 24.9 Å². The molecule has 0 aliphatic rings. The molecule has 32 heavy (non-hydrogen) atoms. The fourth-order valence-corrected chi connectivity index (χ4v) is 5.50. The number of carbonyl (C=O) groups is 1. The van der Waals surface area contributed by atoms with Crippen molar-refractivity contribution in [1.29, 1.82) is 0 Å². The van der Waals surface area contributed by atoms with Gasteiger partial charge in [-0.1, -0.05) is 41.1 Å². The fraction of sp³-hybridized carbons (Fsp3) is 0.0952. The number of aryl methyl sites for hydroxylation is 1. The highest BCUT2D eigenvalue weighted by Gasteiger charge is 2.19. The SMILES string of the molecule is Cc1nn(Cc2ccccc2Cl)c2sc(C(=O)Nc3nc4ccc([N+](=O)[O-])cc4s3)cc12. The number of anilines is 1.